The zero-order valence-electron chi connectivity index (χ0n) is 12.2. The van der Waals surface area contributed by atoms with Crippen LogP contribution in [-0.4, -0.2) is 0 Å². The summed E-state index contributed by atoms with van der Waals surface area (Å²) < 4.78 is 2.76. The third-order valence-electron chi connectivity index (χ3n) is 4.19. The van der Waals surface area contributed by atoms with E-state index in [2.05, 4.69) is 74.5 Å². The number of rotatable bonds is 1. The number of benzene rings is 3. The molecule has 0 radical (unpaired) electrons. The Morgan fingerprint density at radius 3 is 2.14 bits per heavy atom. The average molecular weight is 288 g/mol. The highest BCUT2D eigenvalue weighted by Gasteiger charge is 2.08. The first-order valence-corrected chi connectivity index (χ1v) is 8.03. The Hall–Kier alpha value is -2.12. The lowest BCUT2D eigenvalue weighted by Gasteiger charge is -2.03. The van der Waals surface area contributed by atoms with Gasteiger partial charge in [-0.1, -0.05) is 36.4 Å². The van der Waals surface area contributed by atoms with E-state index in [1.165, 1.54) is 42.4 Å². The van der Waals surface area contributed by atoms with E-state index in [-0.39, 0.29) is 0 Å². The van der Waals surface area contributed by atoms with Crippen molar-refractivity contribution in [2.45, 2.75) is 13.8 Å². The maximum absolute atomic E-state index is 2.33. The van der Waals surface area contributed by atoms with Crippen molar-refractivity contribution in [1.82, 2.24) is 0 Å². The predicted molar refractivity (Wildman–Crippen MR) is 94.2 cm³/mol. The standard InChI is InChI=1S/C20H16S/c1-13-10-17-18-12-16(15-6-4-3-5-7-15)8-9-19(18)21-20(17)11-14(13)2/h3-12H,1-2H3. The highest BCUT2D eigenvalue weighted by molar-refractivity contribution is 7.25. The summed E-state index contributed by atoms with van der Waals surface area (Å²) in [6.45, 7) is 4.38. The molecule has 0 unspecified atom stereocenters. The third kappa shape index (κ3) is 2.05. The molecule has 4 aromatic rings. The van der Waals surface area contributed by atoms with E-state index in [0.717, 1.165) is 0 Å². The lowest BCUT2D eigenvalue weighted by Crippen LogP contribution is -1.79. The van der Waals surface area contributed by atoms with E-state index in [0.29, 0.717) is 0 Å². The van der Waals surface area contributed by atoms with Crippen molar-refractivity contribution < 1.29 is 0 Å². The fourth-order valence-electron chi connectivity index (χ4n) is 2.84. The maximum atomic E-state index is 2.33. The second-order valence-corrected chi connectivity index (χ2v) is 6.70. The molecule has 0 saturated carbocycles. The van der Waals surface area contributed by atoms with Crippen LogP contribution in [0.1, 0.15) is 11.1 Å². The van der Waals surface area contributed by atoms with Gasteiger partial charge in [-0.05, 0) is 60.4 Å². The first-order chi connectivity index (χ1) is 10.2. The predicted octanol–water partition coefficient (Wildman–Crippen LogP) is 6.34. The molecule has 0 nitrogen and oxygen atoms in total. The summed E-state index contributed by atoms with van der Waals surface area (Å²) in [4.78, 5) is 0. The van der Waals surface area contributed by atoms with Crippen molar-refractivity contribution in [1.29, 1.82) is 0 Å². The highest BCUT2D eigenvalue weighted by Crippen LogP contribution is 2.37. The van der Waals surface area contributed by atoms with E-state index in [1.807, 2.05) is 11.3 Å². The molecule has 3 aromatic carbocycles. The molecule has 0 spiro atoms. The number of thiophene rings is 1. The molecule has 1 heterocycles. The molecule has 0 fully saturated rings. The molecule has 21 heavy (non-hydrogen) atoms. The Bertz CT molecular complexity index is 946. The minimum absolute atomic E-state index is 1.28. The molecule has 0 amide bonds. The molecule has 0 bridgehead atoms. The summed E-state index contributed by atoms with van der Waals surface area (Å²) in [5.74, 6) is 0. The number of hydrogen-bond donors (Lipinski definition) is 0. The molecule has 4 rings (SSSR count). The summed E-state index contributed by atoms with van der Waals surface area (Å²) in [6, 6.07) is 22.1. The van der Waals surface area contributed by atoms with Gasteiger partial charge in [0.15, 0.2) is 0 Å². The van der Waals surface area contributed by atoms with E-state index in [9.17, 15) is 0 Å². The Labute approximate surface area is 128 Å². The summed E-state index contributed by atoms with van der Waals surface area (Å²) >= 11 is 1.89. The van der Waals surface area contributed by atoms with Crippen molar-refractivity contribution in [2.24, 2.45) is 0 Å². The van der Waals surface area contributed by atoms with Crippen LogP contribution in [-0.2, 0) is 0 Å². The average Bonchev–Trinajstić information content (AvgIpc) is 2.85. The second kappa shape index (κ2) is 4.71. The SMILES string of the molecule is Cc1cc2sc3ccc(-c4ccccc4)cc3c2cc1C. The molecular formula is C20H16S. The van der Waals surface area contributed by atoms with Crippen molar-refractivity contribution in [2.75, 3.05) is 0 Å². The van der Waals surface area contributed by atoms with Gasteiger partial charge in [0.1, 0.15) is 0 Å². The summed E-state index contributed by atoms with van der Waals surface area (Å²) in [7, 11) is 0. The van der Waals surface area contributed by atoms with E-state index in [1.54, 1.807) is 0 Å². The van der Waals surface area contributed by atoms with Gasteiger partial charge in [0, 0.05) is 20.2 Å². The quantitative estimate of drug-likeness (QED) is 0.383. The third-order valence-corrected chi connectivity index (χ3v) is 5.33. The molecule has 1 heteroatoms. The lowest BCUT2D eigenvalue weighted by atomic mass is 10.0. The van der Waals surface area contributed by atoms with Crippen LogP contribution in [0, 0.1) is 13.8 Å². The summed E-state index contributed by atoms with van der Waals surface area (Å²) in [6.07, 6.45) is 0. The zero-order chi connectivity index (χ0) is 14.4. The largest absolute Gasteiger partial charge is 0.135 e. The number of hydrogen-bond acceptors (Lipinski definition) is 1. The monoisotopic (exact) mass is 288 g/mol. The van der Waals surface area contributed by atoms with Crippen LogP contribution in [0.5, 0.6) is 0 Å². The van der Waals surface area contributed by atoms with Gasteiger partial charge >= 0.3 is 0 Å². The fraction of sp³-hybridized carbons (Fsp3) is 0.100. The molecule has 102 valence electrons. The number of aryl methyl sites for hydroxylation is 2. The van der Waals surface area contributed by atoms with Crippen LogP contribution in [0.2, 0.25) is 0 Å². The Morgan fingerprint density at radius 2 is 1.33 bits per heavy atom. The van der Waals surface area contributed by atoms with Crippen LogP contribution in [0.25, 0.3) is 31.3 Å². The van der Waals surface area contributed by atoms with E-state index >= 15 is 0 Å². The van der Waals surface area contributed by atoms with Crippen LogP contribution in [0.4, 0.5) is 0 Å². The maximum Gasteiger partial charge on any atom is 0.0358 e. The summed E-state index contributed by atoms with van der Waals surface area (Å²) in [5, 5.41) is 2.76. The smallest absolute Gasteiger partial charge is 0.0358 e. The van der Waals surface area contributed by atoms with Crippen molar-refractivity contribution in [3.05, 3.63) is 71.8 Å². The van der Waals surface area contributed by atoms with Crippen molar-refractivity contribution in [3.63, 3.8) is 0 Å². The molecule has 0 aliphatic heterocycles. The van der Waals surface area contributed by atoms with Gasteiger partial charge in [-0.2, -0.15) is 0 Å². The Kier molecular flexibility index (Phi) is 2.83. The molecular weight excluding hydrogens is 272 g/mol. The fourth-order valence-corrected chi connectivity index (χ4v) is 4.01. The Balaban J connectivity index is 2.02. The van der Waals surface area contributed by atoms with Crippen molar-refractivity contribution in [3.8, 4) is 11.1 Å². The van der Waals surface area contributed by atoms with Gasteiger partial charge in [-0.3, -0.25) is 0 Å². The normalized spacial score (nSPS) is 11.3. The zero-order valence-corrected chi connectivity index (χ0v) is 13.0. The van der Waals surface area contributed by atoms with Crippen LogP contribution in [0.3, 0.4) is 0 Å². The van der Waals surface area contributed by atoms with Gasteiger partial charge in [-0.15, -0.1) is 11.3 Å². The van der Waals surface area contributed by atoms with Gasteiger partial charge < -0.3 is 0 Å². The minimum Gasteiger partial charge on any atom is -0.135 e. The highest BCUT2D eigenvalue weighted by atomic mass is 32.1. The van der Waals surface area contributed by atoms with Gasteiger partial charge in [-0.25, -0.2) is 0 Å². The molecule has 0 saturated heterocycles. The van der Waals surface area contributed by atoms with Crippen LogP contribution in [0.15, 0.2) is 60.7 Å². The van der Waals surface area contributed by atoms with Gasteiger partial charge in [0.2, 0.25) is 0 Å². The molecule has 0 aliphatic rings. The van der Waals surface area contributed by atoms with E-state index < -0.39 is 0 Å². The Morgan fingerprint density at radius 1 is 0.619 bits per heavy atom. The summed E-state index contributed by atoms with van der Waals surface area (Å²) in [5.41, 5.74) is 5.31. The number of fused-ring (bicyclic) bond motifs is 3. The van der Waals surface area contributed by atoms with Gasteiger partial charge in [0.25, 0.3) is 0 Å². The topological polar surface area (TPSA) is 0 Å². The van der Waals surface area contributed by atoms with E-state index in [4.69, 9.17) is 0 Å². The first kappa shape index (κ1) is 12.6. The second-order valence-electron chi connectivity index (χ2n) is 5.61. The van der Waals surface area contributed by atoms with Crippen molar-refractivity contribution >= 4 is 31.5 Å². The van der Waals surface area contributed by atoms with Crippen LogP contribution < -0.4 is 0 Å². The van der Waals surface area contributed by atoms with Gasteiger partial charge in [0.05, 0.1) is 0 Å². The van der Waals surface area contributed by atoms with Crippen LogP contribution >= 0.6 is 11.3 Å². The molecule has 0 aliphatic carbocycles. The molecule has 0 N–H and O–H groups in total. The molecule has 0 atom stereocenters. The lowest BCUT2D eigenvalue weighted by molar-refractivity contribution is 1.37. The molecule has 1 aromatic heterocycles. The first-order valence-electron chi connectivity index (χ1n) is 7.21. The minimum atomic E-state index is 1.28.